The third kappa shape index (κ3) is 3.96. The van der Waals surface area contributed by atoms with Crippen LogP contribution >= 0.6 is 11.6 Å². The highest BCUT2D eigenvalue weighted by molar-refractivity contribution is 6.30. The number of nitrogens with zero attached hydrogens (tertiary/aromatic N) is 1. The fourth-order valence-electron chi connectivity index (χ4n) is 5.00. The third-order valence-corrected chi connectivity index (χ3v) is 6.78. The number of aryl methyl sites for hydroxylation is 1. The van der Waals surface area contributed by atoms with E-state index in [2.05, 4.69) is 36.5 Å². The van der Waals surface area contributed by atoms with Crippen LogP contribution in [0.4, 0.5) is 11.4 Å². The molecule has 0 radical (unpaired) electrons. The van der Waals surface area contributed by atoms with Crippen molar-refractivity contribution in [2.24, 2.45) is 0 Å². The number of ketones is 1. The summed E-state index contributed by atoms with van der Waals surface area (Å²) in [5.41, 5.74) is 6.27. The van der Waals surface area contributed by atoms with Crippen molar-refractivity contribution in [1.29, 1.82) is 0 Å². The molecular weight excluding hydrogens is 432 g/mol. The summed E-state index contributed by atoms with van der Waals surface area (Å²) in [5.74, 6) is 0.00944. The molecule has 0 saturated carbocycles. The van der Waals surface area contributed by atoms with Gasteiger partial charge in [-0.1, -0.05) is 65.7 Å². The number of carbonyl (C=O) groups excluding carboxylic acids is 2. The Hall–Kier alpha value is -3.37. The molecule has 33 heavy (non-hydrogen) atoms. The first kappa shape index (κ1) is 21.5. The standard InChI is InChI=1S/C28H25ClN2O2/c1-17-10-12-19(13-11-17)21-15-24-27(26(33)16-21)28(20-6-5-7-22(29)14-20)31(18(2)32)25-9-4-3-8-23(25)30-24/h3-14,21,28,30H,15-16H2,1-2H3. The van der Waals surface area contributed by atoms with Crippen molar-refractivity contribution in [3.63, 3.8) is 0 Å². The van der Waals surface area contributed by atoms with E-state index in [0.717, 1.165) is 28.2 Å². The highest BCUT2D eigenvalue weighted by Crippen LogP contribution is 2.47. The second-order valence-electron chi connectivity index (χ2n) is 8.82. The molecule has 1 aliphatic carbocycles. The van der Waals surface area contributed by atoms with Crippen LogP contribution in [0.3, 0.4) is 0 Å². The highest BCUT2D eigenvalue weighted by Gasteiger charge is 2.40. The van der Waals surface area contributed by atoms with E-state index in [0.29, 0.717) is 23.4 Å². The molecular formula is C28H25ClN2O2. The van der Waals surface area contributed by atoms with Gasteiger partial charge in [0.05, 0.1) is 17.4 Å². The van der Waals surface area contributed by atoms with Crippen LogP contribution in [0, 0.1) is 6.92 Å². The van der Waals surface area contributed by atoms with E-state index in [-0.39, 0.29) is 17.6 Å². The van der Waals surface area contributed by atoms with E-state index in [1.807, 2.05) is 42.5 Å². The van der Waals surface area contributed by atoms with Gasteiger partial charge >= 0.3 is 0 Å². The summed E-state index contributed by atoms with van der Waals surface area (Å²) in [6.45, 7) is 3.61. The van der Waals surface area contributed by atoms with Crippen molar-refractivity contribution >= 4 is 34.7 Å². The zero-order chi connectivity index (χ0) is 23.1. The molecule has 3 aromatic carbocycles. The van der Waals surface area contributed by atoms with Crippen LogP contribution in [0.5, 0.6) is 0 Å². The average molecular weight is 457 g/mol. The van der Waals surface area contributed by atoms with Gasteiger partial charge in [0, 0.05) is 29.6 Å². The van der Waals surface area contributed by atoms with Crippen molar-refractivity contribution < 1.29 is 9.59 Å². The summed E-state index contributed by atoms with van der Waals surface area (Å²) in [7, 11) is 0. The molecule has 1 heterocycles. The normalized spacial score (nSPS) is 20.0. The van der Waals surface area contributed by atoms with Gasteiger partial charge in [-0.15, -0.1) is 0 Å². The average Bonchev–Trinajstić information content (AvgIpc) is 2.94. The molecule has 5 rings (SSSR count). The number of rotatable bonds is 2. The number of halogens is 1. The second kappa shape index (κ2) is 8.53. The van der Waals surface area contributed by atoms with E-state index in [1.165, 1.54) is 5.56 Å². The number of benzene rings is 3. The summed E-state index contributed by atoms with van der Waals surface area (Å²) >= 11 is 6.34. The molecule has 0 spiro atoms. The number of carbonyl (C=O) groups is 2. The third-order valence-electron chi connectivity index (χ3n) is 6.54. The monoisotopic (exact) mass is 456 g/mol. The van der Waals surface area contributed by atoms with Gasteiger partial charge < -0.3 is 5.32 Å². The molecule has 1 aliphatic heterocycles. The molecule has 0 aromatic heterocycles. The first-order chi connectivity index (χ1) is 15.9. The second-order valence-corrected chi connectivity index (χ2v) is 9.26. The molecule has 5 heteroatoms. The highest BCUT2D eigenvalue weighted by atomic mass is 35.5. The molecule has 0 saturated heterocycles. The quantitative estimate of drug-likeness (QED) is 0.474. The smallest absolute Gasteiger partial charge is 0.224 e. The van der Waals surface area contributed by atoms with Crippen LogP contribution in [-0.2, 0) is 9.59 Å². The lowest BCUT2D eigenvalue weighted by molar-refractivity contribution is -0.117. The molecule has 3 aromatic rings. The van der Waals surface area contributed by atoms with Gasteiger partial charge in [-0.05, 0) is 54.7 Å². The fraction of sp³-hybridized carbons (Fsp3) is 0.214. The molecule has 4 nitrogen and oxygen atoms in total. The maximum atomic E-state index is 13.8. The van der Waals surface area contributed by atoms with Crippen molar-refractivity contribution in [3.8, 4) is 0 Å². The number of para-hydroxylation sites is 2. The molecule has 1 N–H and O–H groups in total. The Kier molecular flexibility index (Phi) is 5.55. The lowest BCUT2D eigenvalue weighted by Gasteiger charge is -2.34. The minimum Gasteiger partial charge on any atom is -0.357 e. The molecule has 1 amide bonds. The minimum atomic E-state index is -0.543. The number of amides is 1. The molecule has 2 atom stereocenters. The van der Waals surface area contributed by atoms with E-state index < -0.39 is 6.04 Å². The Morgan fingerprint density at radius 1 is 0.970 bits per heavy atom. The molecule has 166 valence electrons. The molecule has 0 bridgehead atoms. The Morgan fingerprint density at radius 3 is 2.45 bits per heavy atom. The number of anilines is 2. The van der Waals surface area contributed by atoms with Crippen LogP contribution in [0.1, 0.15) is 48.4 Å². The molecule has 0 fully saturated rings. The number of nitrogens with one attached hydrogen (secondary N) is 1. The van der Waals surface area contributed by atoms with Gasteiger partial charge in [-0.25, -0.2) is 0 Å². The fourth-order valence-corrected chi connectivity index (χ4v) is 5.20. The maximum Gasteiger partial charge on any atom is 0.224 e. The number of Topliss-reactive ketones (excluding diaryl/α,β-unsaturated/α-hetero) is 1. The topological polar surface area (TPSA) is 49.4 Å². The minimum absolute atomic E-state index is 0.0540. The van der Waals surface area contributed by atoms with E-state index in [9.17, 15) is 9.59 Å². The Bertz CT molecular complexity index is 1280. The summed E-state index contributed by atoms with van der Waals surface area (Å²) < 4.78 is 0. The predicted molar refractivity (Wildman–Crippen MR) is 133 cm³/mol. The first-order valence-corrected chi connectivity index (χ1v) is 11.5. The number of fused-ring (bicyclic) bond motifs is 1. The Balaban J connectivity index is 1.70. The van der Waals surface area contributed by atoms with Crippen molar-refractivity contribution in [2.75, 3.05) is 10.2 Å². The van der Waals surface area contributed by atoms with Gasteiger partial charge in [0.2, 0.25) is 5.91 Å². The lowest BCUT2D eigenvalue weighted by Crippen LogP contribution is -2.37. The van der Waals surface area contributed by atoms with Crippen LogP contribution in [-0.4, -0.2) is 11.7 Å². The summed E-state index contributed by atoms with van der Waals surface area (Å²) in [5, 5.41) is 4.11. The molecule has 2 unspecified atom stereocenters. The SMILES string of the molecule is CC(=O)N1c2ccccc2NC2=C(C(=O)CC(c3ccc(C)cc3)C2)C1c1cccc(Cl)c1. The zero-order valence-electron chi connectivity index (χ0n) is 18.6. The summed E-state index contributed by atoms with van der Waals surface area (Å²) in [4.78, 5) is 28.5. The summed E-state index contributed by atoms with van der Waals surface area (Å²) in [6.07, 6.45) is 1.10. The predicted octanol–water partition coefficient (Wildman–Crippen LogP) is 6.57. The van der Waals surface area contributed by atoms with Crippen molar-refractivity contribution in [2.45, 2.75) is 38.6 Å². The zero-order valence-corrected chi connectivity index (χ0v) is 19.4. The lowest BCUT2D eigenvalue weighted by atomic mass is 9.78. The van der Waals surface area contributed by atoms with Crippen LogP contribution in [0.25, 0.3) is 0 Å². The number of allylic oxidation sites excluding steroid dienone is 1. The summed E-state index contributed by atoms with van der Waals surface area (Å²) in [6, 6.07) is 23.0. The van der Waals surface area contributed by atoms with Gasteiger partial charge in [0.1, 0.15) is 0 Å². The Labute approximate surface area is 198 Å². The number of hydrogen-bond acceptors (Lipinski definition) is 3. The maximum absolute atomic E-state index is 13.8. The first-order valence-electron chi connectivity index (χ1n) is 11.2. The van der Waals surface area contributed by atoms with Gasteiger partial charge in [0.15, 0.2) is 5.78 Å². The van der Waals surface area contributed by atoms with Gasteiger partial charge in [-0.3, -0.25) is 14.5 Å². The largest absolute Gasteiger partial charge is 0.357 e. The van der Waals surface area contributed by atoms with E-state index in [4.69, 9.17) is 11.6 Å². The number of hydrogen-bond donors (Lipinski definition) is 1. The van der Waals surface area contributed by atoms with Crippen molar-refractivity contribution in [3.05, 3.63) is 106 Å². The van der Waals surface area contributed by atoms with Gasteiger partial charge in [0.25, 0.3) is 0 Å². The molecule has 2 aliphatic rings. The van der Waals surface area contributed by atoms with E-state index >= 15 is 0 Å². The van der Waals surface area contributed by atoms with Crippen LogP contribution in [0.2, 0.25) is 5.02 Å². The van der Waals surface area contributed by atoms with Gasteiger partial charge in [-0.2, -0.15) is 0 Å². The van der Waals surface area contributed by atoms with Crippen LogP contribution in [0.15, 0.2) is 84.1 Å². The van der Waals surface area contributed by atoms with Crippen LogP contribution < -0.4 is 10.2 Å². The van der Waals surface area contributed by atoms with E-state index in [1.54, 1.807) is 17.9 Å². The van der Waals surface area contributed by atoms with Crippen molar-refractivity contribution in [1.82, 2.24) is 0 Å². The Morgan fingerprint density at radius 2 is 1.73 bits per heavy atom.